The van der Waals surface area contributed by atoms with Crippen LogP contribution in [-0.2, 0) is 10.8 Å². The lowest BCUT2D eigenvalue weighted by atomic mass is 9.78. The molecule has 10 rings (SSSR count). The maximum Gasteiger partial charge on any atom is 0.189 e. The highest BCUT2D eigenvalue weighted by molar-refractivity contribution is 5.74. The topological polar surface area (TPSA) is 244 Å². The van der Waals surface area contributed by atoms with Gasteiger partial charge in [0.25, 0.3) is 0 Å². The van der Waals surface area contributed by atoms with E-state index in [-0.39, 0.29) is 11.6 Å². The Bertz CT molecular complexity index is 3020. The number of hydrogen-bond donors (Lipinski definition) is 3. The molecule has 2 aromatic carbocycles. The molecule has 0 aliphatic carbocycles. The number of aromatic nitrogens is 8. The van der Waals surface area contributed by atoms with E-state index in [1.807, 2.05) is 92.0 Å². The maximum absolute atomic E-state index is 10.0. The summed E-state index contributed by atoms with van der Waals surface area (Å²) in [7, 11) is 2.04. The van der Waals surface area contributed by atoms with Crippen molar-refractivity contribution < 1.29 is 9.05 Å². The average Bonchev–Trinajstić information content (AvgIpc) is 4.07. The second kappa shape index (κ2) is 18.3. The van der Waals surface area contributed by atoms with Crippen LogP contribution in [0.15, 0.2) is 131 Å². The highest BCUT2D eigenvalue weighted by atomic mass is 16.5. The van der Waals surface area contributed by atoms with Gasteiger partial charge in [-0.05, 0) is 70.1 Å². The van der Waals surface area contributed by atoms with Crippen molar-refractivity contribution in [3.63, 3.8) is 0 Å². The molecule has 2 unspecified atom stereocenters. The van der Waals surface area contributed by atoms with Gasteiger partial charge in [0, 0.05) is 59.9 Å². The van der Waals surface area contributed by atoms with E-state index in [4.69, 9.17) is 30.5 Å². The summed E-state index contributed by atoms with van der Waals surface area (Å²) in [6.07, 6.45) is 10.1. The predicted molar refractivity (Wildman–Crippen MR) is 245 cm³/mol. The fourth-order valence-corrected chi connectivity index (χ4v) is 8.31. The van der Waals surface area contributed by atoms with Crippen molar-refractivity contribution in [1.29, 1.82) is 10.5 Å². The van der Waals surface area contributed by atoms with Crippen molar-refractivity contribution in [2.24, 2.45) is 0 Å². The molecule has 16 heteroatoms. The number of rotatable bonds is 8. The van der Waals surface area contributed by atoms with Crippen LogP contribution in [0.25, 0.3) is 67.9 Å². The van der Waals surface area contributed by atoms with Gasteiger partial charge in [-0.25, -0.2) is 19.9 Å². The molecule has 2 saturated heterocycles. The van der Waals surface area contributed by atoms with Crippen LogP contribution < -0.4 is 16.8 Å². The largest absolute Gasteiger partial charge is 0.382 e. The molecule has 0 saturated carbocycles. The highest BCUT2D eigenvalue weighted by Gasteiger charge is 2.38. The quantitative estimate of drug-likeness (QED) is 0.134. The minimum absolute atomic E-state index is 0.253. The molecule has 5 N–H and O–H groups in total. The minimum Gasteiger partial charge on any atom is -0.382 e. The van der Waals surface area contributed by atoms with Gasteiger partial charge in [-0.1, -0.05) is 71.0 Å². The smallest absolute Gasteiger partial charge is 0.189 e. The number of pyridine rings is 2. The van der Waals surface area contributed by atoms with Crippen molar-refractivity contribution in [3.8, 4) is 80.1 Å². The molecule has 0 spiro atoms. The molecule has 16 nitrogen and oxygen atoms in total. The molecule has 0 bridgehead atoms. The van der Waals surface area contributed by atoms with Gasteiger partial charge < -0.3 is 30.7 Å². The molecule has 0 amide bonds. The van der Waals surface area contributed by atoms with Crippen molar-refractivity contribution in [2.45, 2.75) is 36.5 Å². The Hall–Kier alpha value is -8.18. The number of nitrogen functional groups attached to an aromatic ring is 2. The number of nitrogens with two attached hydrogens (primary N) is 2. The molecule has 2 fully saturated rings. The van der Waals surface area contributed by atoms with Gasteiger partial charge in [-0.3, -0.25) is 9.97 Å². The second-order valence-electron chi connectivity index (χ2n) is 16.2. The standard InChI is InChI=1S/C25H23N7O.C24H21N7O/c1-32-11-5-9-25(15-26,16-32)22-12-18(8-10-28-22)20-14-29-24(27)23(30-20)21-13-19(31-33-21)17-6-3-2-4-7-17;25-14-24(8-4-9-27-15-24)21-11-17(7-10-28-21)19-13-29-23(26)22(30-19)20-12-18(31-32-20)16-5-2-1-3-6-16/h2-4,6-8,10,12-14H,5,9,11,16H2,1H3,(H2,27,29);1-3,5-7,10-13,27H,4,8-9,15H2,(H2,26,29). The minimum atomic E-state index is -0.645. The third kappa shape index (κ3) is 8.76. The van der Waals surface area contributed by atoms with E-state index in [1.54, 1.807) is 36.9 Å². The first-order chi connectivity index (χ1) is 31.8. The van der Waals surface area contributed by atoms with Crippen molar-refractivity contribution in [1.82, 2.24) is 50.4 Å². The zero-order valence-electron chi connectivity index (χ0n) is 35.6. The number of benzene rings is 2. The van der Waals surface area contributed by atoms with Crippen LogP contribution in [0.1, 0.15) is 37.1 Å². The fourth-order valence-electron chi connectivity index (χ4n) is 8.31. The molecule has 2 atom stereocenters. The Kier molecular flexibility index (Phi) is 11.8. The number of likely N-dealkylation sites (tertiary alicyclic amines) is 1. The first-order valence-electron chi connectivity index (χ1n) is 21.2. The van der Waals surface area contributed by atoms with E-state index in [0.717, 1.165) is 72.4 Å². The van der Waals surface area contributed by atoms with Gasteiger partial charge >= 0.3 is 0 Å². The van der Waals surface area contributed by atoms with Crippen LogP contribution in [-0.4, -0.2) is 78.3 Å². The fraction of sp³-hybridized carbons (Fsp3) is 0.224. The van der Waals surface area contributed by atoms with E-state index in [1.165, 1.54) is 0 Å². The summed E-state index contributed by atoms with van der Waals surface area (Å²) in [4.78, 5) is 29.3. The normalized spacial score (nSPS) is 18.4. The predicted octanol–water partition coefficient (Wildman–Crippen LogP) is 7.52. The van der Waals surface area contributed by atoms with Crippen molar-refractivity contribution in [2.75, 3.05) is 44.7 Å². The van der Waals surface area contributed by atoms with E-state index in [9.17, 15) is 10.5 Å². The van der Waals surface area contributed by atoms with Crippen LogP contribution in [0, 0.1) is 22.7 Å². The van der Waals surface area contributed by atoms with Gasteiger partial charge in [0.15, 0.2) is 34.5 Å². The van der Waals surface area contributed by atoms with Crippen LogP contribution in [0.5, 0.6) is 0 Å². The SMILES string of the molecule is CN1CCCC(C#N)(c2cc(-c3cnc(N)c(-c4cc(-c5ccccc5)no4)n3)ccn2)C1.N#CC1(c2cc(-c3cnc(N)c(-c4cc(-c5ccccc5)no4)n3)ccn2)CCCNC1. The summed E-state index contributed by atoms with van der Waals surface area (Å²) in [5, 5.41) is 31.5. The molecule has 2 aliphatic rings. The van der Waals surface area contributed by atoms with Crippen LogP contribution in [0.4, 0.5) is 11.6 Å². The zero-order chi connectivity index (χ0) is 44.8. The van der Waals surface area contributed by atoms with Gasteiger partial charge in [0.2, 0.25) is 0 Å². The van der Waals surface area contributed by atoms with E-state index >= 15 is 0 Å². The summed E-state index contributed by atoms with van der Waals surface area (Å²) < 4.78 is 11.1. The van der Waals surface area contributed by atoms with Gasteiger partial charge in [-0.15, -0.1) is 0 Å². The number of likely N-dealkylation sites (N-methyl/N-ethyl adjacent to an activating group) is 1. The average molecular weight is 861 g/mol. The number of nitrogens with zero attached hydrogens (tertiary/aromatic N) is 11. The lowest BCUT2D eigenvalue weighted by Gasteiger charge is -2.36. The number of anilines is 2. The number of piperidine rings is 2. The summed E-state index contributed by atoms with van der Waals surface area (Å²) >= 11 is 0. The Morgan fingerprint density at radius 1 is 0.615 bits per heavy atom. The number of nitrogens with one attached hydrogen (secondary N) is 1. The summed E-state index contributed by atoms with van der Waals surface area (Å²) in [6, 6.07) is 35.6. The third-order valence-corrected chi connectivity index (χ3v) is 11.8. The van der Waals surface area contributed by atoms with Gasteiger partial charge in [0.05, 0.1) is 47.3 Å². The zero-order valence-corrected chi connectivity index (χ0v) is 35.6. The molecule has 6 aromatic heterocycles. The summed E-state index contributed by atoms with van der Waals surface area (Å²) in [5.74, 6) is 1.39. The Morgan fingerprint density at radius 3 is 1.60 bits per heavy atom. The molecule has 8 heterocycles. The molecule has 65 heavy (non-hydrogen) atoms. The van der Waals surface area contributed by atoms with Crippen LogP contribution >= 0.6 is 0 Å². The van der Waals surface area contributed by atoms with E-state index in [0.29, 0.717) is 58.8 Å². The third-order valence-electron chi connectivity index (χ3n) is 11.8. The molecule has 0 radical (unpaired) electrons. The molecule has 322 valence electrons. The molecule has 8 aromatic rings. The second-order valence-corrected chi connectivity index (χ2v) is 16.2. The van der Waals surface area contributed by atoms with E-state index < -0.39 is 10.8 Å². The molecule has 2 aliphatic heterocycles. The summed E-state index contributed by atoms with van der Waals surface area (Å²) in [5.41, 5.74) is 19.4. The first kappa shape index (κ1) is 42.1. The van der Waals surface area contributed by atoms with Crippen LogP contribution in [0.3, 0.4) is 0 Å². The van der Waals surface area contributed by atoms with Crippen LogP contribution in [0.2, 0.25) is 0 Å². The van der Waals surface area contributed by atoms with Crippen molar-refractivity contribution in [3.05, 3.63) is 133 Å². The van der Waals surface area contributed by atoms with E-state index in [2.05, 4.69) is 52.6 Å². The first-order valence-corrected chi connectivity index (χ1v) is 21.2. The lowest BCUT2D eigenvalue weighted by molar-refractivity contribution is 0.209. The Morgan fingerprint density at radius 2 is 1.12 bits per heavy atom. The Labute approximate surface area is 375 Å². The van der Waals surface area contributed by atoms with Gasteiger partial charge in [0.1, 0.15) is 22.2 Å². The maximum atomic E-state index is 10.0. The monoisotopic (exact) mass is 860 g/mol. The molecular weight excluding hydrogens is 817 g/mol. The number of nitriles is 2. The Balaban J connectivity index is 0.000000164. The lowest BCUT2D eigenvalue weighted by Crippen LogP contribution is -2.43. The number of hydrogen-bond acceptors (Lipinski definition) is 16. The van der Waals surface area contributed by atoms with Gasteiger partial charge in [-0.2, -0.15) is 10.5 Å². The molecular formula is C49H44N14O2. The highest BCUT2D eigenvalue weighted by Crippen LogP contribution is 2.36. The summed E-state index contributed by atoms with van der Waals surface area (Å²) in [6.45, 7) is 3.13. The van der Waals surface area contributed by atoms with Crippen molar-refractivity contribution >= 4 is 11.6 Å².